The highest BCUT2D eigenvalue weighted by Crippen LogP contribution is 2.49. The molecular weight excluding hydrogens is 312 g/mol. The third kappa shape index (κ3) is 2.08. The molecule has 0 saturated heterocycles. The van der Waals surface area contributed by atoms with Gasteiger partial charge in [-0.2, -0.15) is 0 Å². The fourth-order valence-corrected chi connectivity index (χ4v) is 4.59. The fraction of sp³-hybridized carbons (Fsp3) is 0.154. The van der Waals surface area contributed by atoms with Crippen molar-refractivity contribution in [3.8, 4) is 22.3 Å². The van der Waals surface area contributed by atoms with Gasteiger partial charge in [-0.1, -0.05) is 86.6 Å². The number of aryl methyl sites for hydroxylation is 1. The molecule has 0 unspecified atom stereocenters. The largest absolute Gasteiger partial charge is 0.0619 e. The van der Waals surface area contributed by atoms with Gasteiger partial charge in [0.2, 0.25) is 0 Å². The summed E-state index contributed by atoms with van der Waals surface area (Å²) >= 11 is 0. The van der Waals surface area contributed by atoms with Gasteiger partial charge in [0.15, 0.2) is 0 Å². The third-order valence-corrected chi connectivity index (χ3v) is 5.90. The average Bonchev–Trinajstić information content (AvgIpc) is 2.88. The molecule has 0 heterocycles. The maximum Gasteiger partial charge on any atom is 0.0158 e. The van der Waals surface area contributed by atoms with Crippen LogP contribution in [0.25, 0.3) is 33.0 Å². The van der Waals surface area contributed by atoms with Gasteiger partial charge in [0.1, 0.15) is 0 Å². The van der Waals surface area contributed by atoms with E-state index in [0.717, 1.165) is 0 Å². The highest BCUT2D eigenvalue weighted by Gasteiger charge is 2.35. The number of rotatable bonds is 1. The molecule has 0 aromatic heterocycles. The number of hydrogen-bond acceptors (Lipinski definition) is 0. The summed E-state index contributed by atoms with van der Waals surface area (Å²) in [6, 6.07) is 29.1. The molecule has 0 amide bonds. The first-order valence-electron chi connectivity index (χ1n) is 9.30. The van der Waals surface area contributed by atoms with Crippen LogP contribution in [0.15, 0.2) is 78.9 Å². The Bertz CT molecular complexity index is 1160. The lowest BCUT2D eigenvalue weighted by atomic mass is 9.82. The Morgan fingerprint density at radius 1 is 0.615 bits per heavy atom. The minimum atomic E-state index is 0.0686. The zero-order valence-electron chi connectivity index (χ0n) is 15.5. The van der Waals surface area contributed by atoms with E-state index in [1.54, 1.807) is 0 Å². The highest BCUT2D eigenvalue weighted by molar-refractivity contribution is 5.98. The van der Waals surface area contributed by atoms with E-state index in [0.29, 0.717) is 0 Å². The first-order valence-corrected chi connectivity index (χ1v) is 9.30. The zero-order valence-corrected chi connectivity index (χ0v) is 15.5. The molecular formula is C26H22. The van der Waals surface area contributed by atoms with Crippen LogP contribution in [-0.2, 0) is 5.41 Å². The number of hydrogen-bond donors (Lipinski definition) is 0. The molecule has 126 valence electrons. The van der Waals surface area contributed by atoms with Crippen LogP contribution in [0.5, 0.6) is 0 Å². The summed E-state index contributed by atoms with van der Waals surface area (Å²) in [5.41, 5.74) is 9.63. The Labute approximate surface area is 155 Å². The van der Waals surface area contributed by atoms with Gasteiger partial charge >= 0.3 is 0 Å². The van der Waals surface area contributed by atoms with Gasteiger partial charge in [-0.15, -0.1) is 0 Å². The zero-order chi connectivity index (χ0) is 17.9. The highest BCUT2D eigenvalue weighted by atomic mass is 14.4. The normalized spacial score (nSPS) is 14.3. The van der Waals surface area contributed by atoms with Crippen LogP contribution in [-0.4, -0.2) is 0 Å². The molecule has 0 N–H and O–H groups in total. The van der Waals surface area contributed by atoms with E-state index < -0.39 is 0 Å². The molecule has 0 spiro atoms. The van der Waals surface area contributed by atoms with Gasteiger partial charge in [-0.3, -0.25) is 0 Å². The average molecular weight is 334 g/mol. The van der Waals surface area contributed by atoms with E-state index in [2.05, 4.69) is 99.6 Å². The van der Waals surface area contributed by atoms with E-state index in [-0.39, 0.29) is 5.41 Å². The van der Waals surface area contributed by atoms with E-state index in [1.165, 1.54) is 49.7 Å². The van der Waals surface area contributed by atoms with E-state index in [9.17, 15) is 0 Å². The standard InChI is InChI=1S/C26H22/c1-17-14-18-8-4-5-9-20(18)22(15-17)19-12-13-25-23(16-19)21-10-6-7-11-24(21)26(25,2)3/h4-16H,1-3H3. The van der Waals surface area contributed by atoms with Gasteiger partial charge < -0.3 is 0 Å². The second-order valence-corrected chi connectivity index (χ2v) is 7.96. The molecule has 0 aliphatic heterocycles. The summed E-state index contributed by atoms with van der Waals surface area (Å²) in [6.45, 7) is 6.85. The summed E-state index contributed by atoms with van der Waals surface area (Å²) in [6.07, 6.45) is 0. The second-order valence-electron chi connectivity index (χ2n) is 7.96. The summed E-state index contributed by atoms with van der Waals surface area (Å²) in [5.74, 6) is 0. The quantitative estimate of drug-likeness (QED) is 0.347. The molecule has 0 nitrogen and oxygen atoms in total. The Morgan fingerprint density at radius 3 is 2.23 bits per heavy atom. The third-order valence-electron chi connectivity index (χ3n) is 5.90. The first-order chi connectivity index (χ1) is 12.6. The second kappa shape index (κ2) is 5.32. The number of benzene rings is 4. The van der Waals surface area contributed by atoms with E-state index in [1.807, 2.05) is 0 Å². The van der Waals surface area contributed by atoms with Gasteiger partial charge in [-0.25, -0.2) is 0 Å². The Kier molecular flexibility index (Phi) is 3.15. The minimum Gasteiger partial charge on any atom is -0.0619 e. The predicted octanol–water partition coefficient (Wildman–Crippen LogP) is 7.12. The van der Waals surface area contributed by atoms with Crippen LogP contribution < -0.4 is 0 Å². The summed E-state index contributed by atoms with van der Waals surface area (Å²) in [7, 11) is 0. The van der Waals surface area contributed by atoms with E-state index in [4.69, 9.17) is 0 Å². The molecule has 0 atom stereocenters. The Morgan fingerprint density at radius 2 is 1.35 bits per heavy atom. The van der Waals surface area contributed by atoms with Crippen molar-refractivity contribution >= 4 is 10.8 Å². The van der Waals surface area contributed by atoms with Crippen LogP contribution in [0.4, 0.5) is 0 Å². The van der Waals surface area contributed by atoms with Crippen LogP contribution >= 0.6 is 0 Å². The molecule has 26 heavy (non-hydrogen) atoms. The molecule has 0 fully saturated rings. The molecule has 4 aromatic carbocycles. The van der Waals surface area contributed by atoms with Crippen molar-refractivity contribution in [2.75, 3.05) is 0 Å². The molecule has 0 heteroatoms. The minimum absolute atomic E-state index is 0.0686. The first kappa shape index (κ1) is 15.4. The lowest BCUT2D eigenvalue weighted by Crippen LogP contribution is -2.14. The smallest absolute Gasteiger partial charge is 0.0158 e. The SMILES string of the molecule is Cc1cc(-c2ccc3c(c2)-c2ccccc2C3(C)C)c2ccccc2c1. The van der Waals surface area contributed by atoms with Crippen molar-refractivity contribution in [2.24, 2.45) is 0 Å². The van der Waals surface area contributed by atoms with Crippen molar-refractivity contribution in [3.63, 3.8) is 0 Å². The van der Waals surface area contributed by atoms with Gasteiger partial charge in [0, 0.05) is 5.41 Å². The molecule has 5 rings (SSSR count). The van der Waals surface area contributed by atoms with Gasteiger partial charge in [0.25, 0.3) is 0 Å². The van der Waals surface area contributed by atoms with Crippen molar-refractivity contribution < 1.29 is 0 Å². The summed E-state index contributed by atoms with van der Waals surface area (Å²) < 4.78 is 0. The molecule has 0 saturated carbocycles. The van der Waals surface area contributed by atoms with Crippen molar-refractivity contribution in [1.82, 2.24) is 0 Å². The Balaban J connectivity index is 1.79. The summed E-state index contributed by atoms with van der Waals surface area (Å²) in [4.78, 5) is 0. The fourth-order valence-electron chi connectivity index (χ4n) is 4.59. The molecule has 1 aliphatic rings. The molecule has 0 bridgehead atoms. The molecule has 4 aromatic rings. The molecule has 1 aliphatic carbocycles. The predicted molar refractivity (Wildman–Crippen MR) is 112 cm³/mol. The number of fused-ring (bicyclic) bond motifs is 4. The van der Waals surface area contributed by atoms with Crippen LogP contribution in [0, 0.1) is 6.92 Å². The summed E-state index contributed by atoms with van der Waals surface area (Å²) in [5, 5.41) is 2.63. The topological polar surface area (TPSA) is 0 Å². The van der Waals surface area contributed by atoms with Crippen molar-refractivity contribution in [2.45, 2.75) is 26.2 Å². The van der Waals surface area contributed by atoms with Gasteiger partial charge in [0.05, 0.1) is 0 Å². The van der Waals surface area contributed by atoms with Crippen LogP contribution in [0.2, 0.25) is 0 Å². The van der Waals surface area contributed by atoms with Gasteiger partial charge in [-0.05, 0) is 62.7 Å². The van der Waals surface area contributed by atoms with E-state index >= 15 is 0 Å². The van der Waals surface area contributed by atoms with Crippen molar-refractivity contribution in [3.05, 3.63) is 95.6 Å². The van der Waals surface area contributed by atoms with Crippen LogP contribution in [0.3, 0.4) is 0 Å². The lowest BCUT2D eigenvalue weighted by molar-refractivity contribution is 0.660. The lowest BCUT2D eigenvalue weighted by Gasteiger charge is -2.21. The Hall–Kier alpha value is -2.86. The maximum atomic E-state index is 2.39. The maximum absolute atomic E-state index is 2.39. The van der Waals surface area contributed by atoms with Crippen LogP contribution in [0.1, 0.15) is 30.5 Å². The molecule has 0 radical (unpaired) electrons. The monoisotopic (exact) mass is 334 g/mol. The van der Waals surface area contributed by atoms with Crippen molar-refractivity contribution in [1.29, 1.82) is 0 Å².